The zero-order valence-electron chi connectivity index (χ0n) is 25.1. The van der Waals surface area contributed by atoms with E-state index in [2.05, 4.69) is 184 Å². The van der Waals surface area contributed by atoms with Crippen molar-refractivity contribution >= 4 is 79.0 Å². The van der Waals surface area contributed by atoms with Gasteiger partial charge in [-0.15, -0.1) is 0 Å². The second-order valence-corrected chi connectivity index (χ2v) is 12.2. The van der Waals surface area contributed by atoms with Crippen molar-refractivity contribution in [2.75, 3.05) is 9.80 Å². The Morgan fingerprint density at radius 1 is 0.348 bits per heavy atom. The molecule has 214 valence electrons. The summed E-state index contributed by atoms with van der Waals surface area (Å²) in [4.78, 5) is 4.90. The molecule has 0 radical (unpaired) electrons. The van der Waals surface area contributed by atoms with Crippen LogP contribution in [0.15, 0.2) is 170 Å². The number of aromatic nitrogens is 1. The maximum absolute atomic E-state index is 2.46. The Bertz CT molecular complexity index is 2380. The molecule has 7 aromatic carbocycles. The summed E-state index contributed by atoms with van der Waals surface area (Å²) in [5, 5.41) is 2.55. The Balaban J connectivity index is 1.30. The van der Waals surface area contributed by atoms with Crippen LogP contribution in [0.4, 0.5) is 34.1 Å². The Morgan fingerprint density at radius 2 is 0.848 bits per heavy atom. The van der Waals surface area contributed by atoms with Crippen LogP contribution in [0, 0.1) is 0 Å². The van der Waals surface area contributed by atoms with Gasteiger partial charge in [0.25, 0.3) is 6.71 Å². The smallest absolute Gasteiger partial charge is 0.252 e. The van der Waals surface area contributed by atoms with Crippen LogP contribution in [0.3, 0.4) is 0 Å². The van der Waals surface area contributed by atoms with Crippen molar-refractivity contribution in [1.29, 1.82) is 0 Å². The van der Waals surface area contributed by atoms with E-state index in [1.807, 2.05) is 0 Å². The maximum Gasteiger partial charge on any atom is 0.252 e. The normalized spacial score (nSPS) is 13.1. The zero-order valence-corrected chi connectivity index (χ0v) is 25.1. The van der Waals surface area contributed by atoms with E-state index in [0.717, 1.165) is 11.4 Å². The third kappa shape index (κ3) is 3.50. The molecule has 0 spiro atoms. The molecule has 0 bridgehead atoms. The number of rotatable bonds is 3. The van der Waals surface area contributed by atoms with Gasteiger partial charge in [-0.3, -0.25) is 0 Å². The summed E-state index contributed by atoms with van der Waals surface area (Å²) >= 11 is 0. The molecule has 0 unspecified atom stereocenters. The first kappa shape index (κ1) is 25.3. The van der Waals surface area contributed by atoms with E-state index >= 15 is 0 Å². The van der Waals surface area contributed by atoms with Gasteiger partial charge in [-0.25, -0.2) is 0 Å². The predicted molar refractivity (Wildman–Crippen MR) is 195 cm³/mol. The van der Waals surface area contributed by atoms with Crippen molar-refractivity contribution in [2.24, 2.45) is 0 Å². The van der Waals surface area contributed by atoms with E-state index in [1.165, 1.54) is 66.6 Å². The second kappa shape index (κ2) is 9.75. The van der Waals surface area contributed by atoms with Gasteiger partial charge in [-0.05, 0) is 89.2 Å². The third-order valence-corrected chi connectivity index (χ3v) is 9.75. The second-order valence-electron chi connectivity index (χ2n) is 12.2. The Morgan fingerprint density at radius 3 is 1.48 bits per heavy atom. The van der Waals surface area contributed by atoms with Gasteiger partial charge in [0.05, 0.1) is 11.0 Å². The lowest BCUT2D eigenvalue weighted by atomic mass is 9.33. The number of nitrogens with zero attached hydrogens (tertiary/aromatic N) is 3. The van der Waals surface area contributed by atoms with Gasteiger partial charge in [-0.2, -0.15) is 0 Å². The van der Waals surface area contributed by atoms with E-state index in [9.17, 15) is 0 Å². The molecule has 0 amide bonds. The third-order valence-electron chi connectivity index (χ3n) is 9.75. The highest BCUT2D eigenvalue weighted by Gasteiger charge is 2.43. The van der Waals surface area contributed by atoms with Crippen molar-refractivity contribution in [3.63, 3.8) is 0 Å². The largest absolute Gasteiger partial charge is 0.311 e. The summed E-state index contributed by atoms with van der Waals surface area (Å²) in [6, 6.07) is 61.9. The first-order valence-electron chi connectivity index (χ1n) is 15.9. The number of para-hydroxylation sites is 5. The van der Waals surface area contributed by atoms with Crippen LogP contribution in [-0.2, 0) is 0 Å². The number of benzene rings is 7. The Hall–Kier alpha value is -6.00. The topological polar surface area (TPSA) is 11.4 Å². The maximum atomic E-state index is 2.46. The first-order chi connectivity index (χ1) is 22.9. The number of hydrogen-bond donors (Lipinski definition) is 0. The van der Waals surface area contributed by atoms with Crippen molar-refractivity contribution in [2.45, 2.75) is 0 Å². The van der Waals surface area contributed by atoms with Crippen LogP contribution in [-0.4, -0.2) is 11.3 Å². The lowest BCUT2D eigenvalue weighted by molar-refractivity contribution is 1.18. The molecule has 0 saturated carbocycles. The molecule has 0 fully saturated rings. The van der Waals surface area contributed by atoms with Gasteiger partial charge in [0.2, 0.25) is 0 Å². The molecule has 2 aliphatic heterocycles. The van der Waals surface area contributed by atoms with Crippen LogP contribution in [0.25, 0.3) is 27.5 Å². The van der Waals surface area contributed by atoms with Crippen molar-refractivity contribution in [1.82, 2.24) is 4.57 Å². The molecule has 3 heterocycles. The monoisotopic (exact) mass is 585 g/mol. The number of fused-ring (bicyclic) bond motifs is 7. The van der Waals surface area contributed by atoms with Gasteiger partial charge in [-0.1, -0.05) is 97.1 Å². The van der Waals surface area contributed by atoms with E-state index in [4.69, 9.17) is 0 Å². The molecule has 0 saturated heterocycles. The zero-order chi connectivity index (χ0) is 30.2. The van der Waals surface area contributed by atoms with Crippen LogP contribution >= 0.6 is 0 Å². The van der Waals surface area contributed by atoms with Gasteiger partial charge in [0, 0.05) is 50.6 Å². The quantitative estimate of drug-likeness (QED) is 0.192. The van der Waals surface area contributed by atoms with Gasteiger partial charge >= 0.3 is 0 Å². The fourth-order valence-electron chi connectivity index (χ4n) is 7.93. The predicted octanol–water partition coefficient (Wildman–Crippen LogP) is 8.87. The SMILES string of the molecule is c1ccc(N2c3ccccc3B3c4cc(-n5c6ccccc6c6ccccc65)ccc4N(c4ccccc4)c4cccc2c43)cc1. The summed E-state index contributed by atoms with van der Waals surface area (Å²) in [6.45, 7) is 0.0744. The molecule has 0 aliphatic carbocycles. The number of hydrogen-bond acceptors (Lipinski definition) is 2. The van der Waals surface area contributed by atoms with Gasteiger partial charge in [0.1, 0.15) is 0 Å². The summed E-state index contributed by atoms with van der Waals surface area (Å²) in [5.74, 6) is 0. The standard InChI is InChI=1S/C42H28BN3/c1-3-14-29(15-4-1)44-38-23-12-9-20-34(38)43-35-28-31(46-36-21-10-7-18-32(36)33-19-8-11-22-37(33)46)26-27-39(35)45(30-16-5-2-6-17-30)41-25-13-24-40(44)42(41)43/h1-28H. The van der Waals surface area contributed by atoms with Gasteiger partial charge < -0.3 is 14.4 Å². The fourth-order valence-corrected chi connectivity index (χ4v) is 7.93. The lowest BCUT2D eigenvalue weighted by Crippen LogP contribution is -2.61. The molecule has 3 nitrogen and oxygen atoms in total. The molecule has 0 atom stereocenters. The van der Waals surface area contributed by atoms with Crippen molar-refractivity contribution in [3.05, 3.63) is 170 Å². The highest BCUT2D eigenvalue weighted by molar-refractivity contribution is 7.00. The van der Waals surface area contributed by atoms with Crippen LogP contribution in [0.5, 0.6) is 0 Å². The molecule has 2 aliphatic rings. The summed E-state index contributed by atoms with van der Waals surface area (Å²) < 4.78 is 2.43. The number of anilines is 6. The minimum Gasteiger partial charge on any atom is -0.311 e. The lowest BCUT2D eigenvalue weighted by Gasteiger charge is -2.44. The highest BCUT2D eigenvalue weighted by Crippen LogP contribution is 2.44. The summed E-state index contributed by atoms with van der Waals surface area (Å²) in [7, 11) is 0. The van der Waals surface area contributed by atoms with E-state index < -0.39 is 0 Å². The molecule has 10 rings (SSSR count). The van der Waals surface area contributed by atoms with Crippen LogP contribution in [0.1, 0.15) is 0 Å². The summed E-state index contributed by atoms with van der Waals surface area (Å²) in [6.07, 6.45) is 0. The van der Waals surface area contributed by atoms with Gasteiger partial charge in [0.15, 0.2) is 0 Å². The van der Waals surface area contributed by atoms with Crippen LogP contribution < -0.4 is 26.2 Å². The summed E-state index contributed by atoms with van der Waals surface area (Å²) in [5.41, 5.74) is 14.8. The van der Waals surface area contributed by atoms with E-state index in [1.54, 1.807) is 0 Å². The fraction of sp³-hybridized carbons (Fsp3) is 0. The molecular formula is C42H28BN3. The first-order valence-corrected chi connectivity index (χ1v) is 15.9. The van der Waals surface area contributed by atoms with Crippen LogP contribution in [0.2, 0.25) is 0 Å². The van der Waals surface area contributed by atoms with E-state index in [-0.39, 0.29) is 6.71 Å². The molecule has 1 aromatic heterocycles. The Labute approximate surface area is 268 Å². The van der Waals surface area contributed by atoms with Crippen molar-refractivity contribution < 1.29 is 0 Å². The molecule has 4 heteroatoms. The molecular weight excluding hydrogens is 557 g/mol. The molecule has 0 N–H and O–H groups in total. The average molecular weight is 586 g/mol. The molecule has 46 heavy (non-hydrogen) atoms. The van der Waals surface area contributed by atoms with Crippen molar-refractivity contribution in [3.8, 4) is 5.69 Å². The minimum atomic E-state index is 0.0744. The molecule has 8 aromatic rings. The van der Waals surface area contributed by atoms with E-state index in [0.29, 0.717) is 0 Å². The highest BCUT2D eigenvalue weighted by atomic mass is 15.2. The minimum absolute atomic E-state index is 0.0744. The average Bonchev–Trinajstić information content (AvgIpc) is 3.46. The Kier molecular flexibility index (Phi) is 5.37.